The summed E-state index contributed by atoms with van der Waals surface area (Å²) in [5.41, 5.74) is 2.48. The third-order valence-corrected chi connectivity index (χ3v) is 6.12. The monoisotopic (exact) mass is 310 g/mol. The average Bonchev–Trinajstić information content (AvgIpc) is 2.45. The first-order chi connectivity index (χ1) is 9.97. The van der Waals surface area contributed by atoms with Gasteiger partial charge < -0.3 is 0 Å². The summed E-state index contributed by atoms with van der Waals surface area (Å²) in [6, 6.07) is 21.4. The van der Waals surface area contributed by atoms with Crippen LogP contribution in [0.2, 0.25) is 24.7 Å². The average molecular weight is 311 g/mol. The lowest BCUT2D eigenvalue weighted by molar-refractivity contribution is 1.65. The molecule has 0 fully saturated rings. The van der Waals surface area contributed by atoms with Gasteiger partial charge >= 0.3 is 0 Å². The molecule has 106 valence electrons. The molecular weight excluding hydrogens is 292 g/mol. The smallest absolute Gasteiger partial charge is 0.0784 e. The van der Waals surface area contributed by atoms with Crippen LogP contribution < -0.4 is 5.19 Å². The maximum atomic E-state index is 6.18. The van der Waals surface area contributed by atoms with Gasteiger partial charge in [-0.2, -0.15) is 0 Å². The van der Waals surface area contributed by atoms with Crippen LogP contribution in [0.3, 0.4) is 0 Å². The molecule has 0 aliphatic carbocycles. The van der Waals surface area contributed by atoms with Gasteiger partial charge in [0.05, 0.1) is 8.07 Å². The fourth-order valence-corrected chi connectivity index (χ4v) is 4.68. The Morgan fingerprint density at radius 3 is 2.14 bits per heavy atom. The van der Waals surface area contributed by atoms with E-state index < -0.39 is 8.07 Å². The molecule has 3 aromatic carbocycles. The van der Waals surface area contributed by atoms with E-state index in [0.717, 1.165) is 5.02 Å². The number of fused-ring (bicyclic) bond motifs is 1. The van der Waals surface area contributed by atoms with E-state index >= 15 is 0 Å². The Balaban J connectivity index is 2.38. The fraction of sp³-hybridized carbons (Fsp3) is 0.158. The van der Waals surface area contributed by atoms with Crippen molar-refractivity contribution in [3.05, 3.63) is 65.7 Å². The van der Waals surface area contributed by atoms with Crippen LogP contribution in [0.5, 0.6) is 0 Å². The van der Waals surface area contributed by atoms with Crippen LogP contribution in [0, 0.1) is 0 Å². The normalized spacial score (nSPS) is 11.8. The zero-order valence-corrected chi connectivity index (χ0v) is 14.4. The Morgan fingerprint density at radius 1 is 0.810 bits per heavy atom. The lowest BCUT2D eigenvalue weighted by Gasteiger charge is -2.21. The molecule has 0 aliphatic heterocycles. The molecule has 0 aliphatic rings. The van der Waals surface area contributed by atoms with E-state index in [4.69, 9.17) is 11.6 Å². The van der Waals surface area contributed by atoms with Crippen molar-refractivity contribution in [3.8, 4) is 11.1 Å². The zero-order chi connectivity index (χ0) is 15.0. The van der Waals surface area contributed by atoms with Crippen molar-refractivity contribution >= 4 is 35.6 Å². The van der Waals surface area contributed by atoms with Crippen LogP contribution in [0.25, 0.3) is 21.9 Å². The summed E-state index contributed by atoms with van der Waals surface area (Å²) in [6.45, 7) is 7.20. The van der Waals surface area contributed by atoms with Crippen molar-refractivity contribution in [1.29, 1.82) is 0 Å². The van der Waals surface area contributed by atoms with Gasteiger partial charge in [0.2, 0.25) is 0 Å². The topological polar surface area (TPSA) is 0 Å². The summed E-state index contributed by atoms with van der Waals surface area (Å²) >= 11 is 6.18. The molecule has 0 N–H and O–H groups in total. The second kappa shape index (κ2) is 5.32. The summed E-state index contributed by atoms with van der Waals surface area (Å²) in [5.74, 6) is 0. The van der Waals surface area contributed by atoms with Gasteiger partial charge in [0, 0.05) is 5.02 Å². The van der Waals surface area contributed by atoms with Gasteiger partial charge in [-0.15, -0.1) is 0 Å². The van der Waals surface area contributed by atoms with Gasteiger partial charge in [-0.05, 0) is 34.0 Å². The highest BCUT2D eigenvalue weighted by Gasteiger charge is 2.20. The standard InChI is InChI=1S/C19H19ClSi/c1-21(2,3)18-12-6-8-14-7-5-11-17(19(14)18)15-9-4-10-16(20)13-15/h4-13H,1-3H3. The molecule has 0 saturated heterocycles. The summed E-state index contributed by atoms with van der Waals surface area (Å²) in [4.78, 5) is 0. The molecule has 0 unspecified atom stereocenters. The summed E-state index contributed by atoms with van der Waals surface area (Å²) in [6.07, 6.45) is 0. The number of rotatable bonds is 2. The SMILES string of the molecule is C[Si](C)(C)c1cccc2cccc(-c3cccc(Cl)c3)c12. The van der Waals surface area contributed by atoms with Crippen molar-refractivity contribution in [2.24, 2.45) is 0 Å². The number of benzene rings is 3. The predicted molar refractivity (Wildman–Crippen MR) is 97.4 cm³/mol. The van der Waals surface area contributed by atoms with Crippen LogP contribution in [-0.2, 0) is 0 Å². The summed E-state index contributed by atoms with van der Waals surface area (Å²) in [7, 11) is -1.41. The minimum Gasteiger partial charge on any atom is -0.0843 e. The Labute approximate surface area is 132 Å². The van der Waals surface area contributed by atoms with E-state index in [1.54, 1.807) is 0 Å². The van der Waals surface area contributed by atoms with E-state index in [0.29, 0.717) is 0 Å². The van der Waals surface area contributed by atoms with Gasteiger partial charge in [0.1, 0.15) is 0 Å². The molecule has 2 heteroatoms. The highest BCUT2D eigenvalue weighted by Crippen LogP contribution is 2.30. The molecule has 0 spiro atoms. The molecular formula is C19H19ClSi. The third kappa shape index (κ3) is 2.76. The van der Waals surface area contributed by atoms with Crippen molar-refractivity contribution < 1.29 is 0 Å². The molecule has 0 aromatic heterocycles. The van der Waals surface area contributed by atoms with Gasteiger partial charge in [0.15, 0.2) is 0 Å². The van der Waals surface area contributed by atoms with Crippen LogP contribution >= 0.6 is 11.6 Å². The van der Waals surface area contributed by atoms with Crippen molar-refractivity contribution in [2.75, 3.05) is 0 Å². The van der Waals surface area contributed by atoms with E-state index in [1.165, 1.54) is 27.1 Å². The van der Waals surface area contributed by atoms with Crippen LogP contribution in [-0.4, -0.2) is 8.07 Å². The molecule has 0 saturated carbocycles. The van der Waals surface area contributed by atoms with Crippen molar-refractivity contribution in [1.82, 2.24) is 0 Å². The lowest BCUT2D eigenvalue weighted by Crippen LogP contribution is -2.38. The number of halogens is 1. The lowest BCUT2D eigenvalue weighted by atomic mass is 9.98. The Hall–Kier alpha value is -1.57. The summed E-state index contributed by atoms with van der Waals surface area (Å²) < 4.78 is 0. The fourth-order valence-electron chi connectivity index (χ4n) is 2.86. The Kier molecular flexibility index (Phi) is 3.64. The first-order valence-corrected chi connectivity index (χ1v) is 11.1. The molecule has 0 nitrogen and oxygen atoms in total. The zero-order valence-electron chi connectivity index (χ0n) is 12.7. The number of hydrogen-bond donors (Lipinski definition) is 0. The molecule has 0 atom stereocenters. The van der Waals surface area contributed by atoms with Crippen molar-refractivity contribution in [3.63, 3.8) is 0 Å². The highest BCUT2D eigenvalue weighted by atomic mass is 35.5. The van der Waals surface area contributed by atoms with E-state index in [1.807, 2.05) is 12.1 Å². The molecule has 0 heterocycles. The first kappa shape index (κ1) is 14.4. The maximum absolute atomic E-state index is 6.18. The first-order valence-electron chi connectivity index (χ1n) is 7.25. The second-order valence-electron chi connectivity index (χ2n) is 6.47. The third-order valence-electron chi connectivity index (χ3n) is 3.85. The van der Waals surface area contributed by atoms with Crippen LogP contribution in [0.1, 0.15) is 0 Å². The molecule has 21 heavy (non-hydrogen) atoms. The maximum Gasteiger partial charge on any atom is 0.0784 e. The van der Waals surface area contributed by atoms with Crippen molar-refractivity contribution in [2.45, 2.75) is 19.6 Å². The predicted octanol–water partition coefficient (Wildman–Crippen LogP) is 5.71. The highest BCUT2D eigenvalue weighted by molar-refractivity contribution is 6.90. The van der Waals surface area contributed by atoms with Gasteiger partial charge in [0.25, 0.3) is 0 Å². The molecule has 0 bridgehead atoms. The minimum absolute atomic E-state index is 0.787. The second-order valence-corrected chi connectivity index (χ2v) is 11.9. The molecule has 3 rings (SSSR count). The molecule has 0 radical (unpaired) electrons. The molecule has 0 amide bonds. The van der Waals surface area contributed by atoms with E-state index in [2.05, 4.69) is 68.2 Å². The van der Waals surface area contributed by atoms with Gasteiger partial charge in [-0.1, -0.05) is 85.0 Å². The van der Waals surface area contributed by atoms with Crippen LogP contribution in [0.4, 0.5) is 0 Å². The Bertz CT molecular complexity index is 795. The molecule has 3 aromatic rings. The largest absolute Gasteiger partial charge is 0.0843 e. The Morgan fingerprint density at radius 2 is 1.48 bits per heavy atom. The number of hydrogen-bond acceptors (Lipinski definition) is 0. The van der Waals surface area contributed by atoms with Gasteiger partial charge in [-0.25, -0.2) is 0 Å². The van der Waals surface area contributed by atoms with E-state index in [-0.39, 0.29) is 0 Å². The quantitative estimate of drug-likeness (QED) is 0.532. The minimum atomic E-state index is -1.41. The van der Waals surface area contributed by atoms with E-state index in [9.17, 15) is 0 Å². The summed E-state index contributed by atoms with van der Waals surface area (Å²) in [5, 5.41) is 5.00. The van der Waals surface area contributed by atoms with Crippen LogP contribution in [0.15, 0.2) is 60.7 Å². The van der Waals surface area contributed by atoms with Gasteiger partial charge in [-0.3, -0.25) is 0 Å².